The van der Waals surface area contributed by atoms with Crippen molar-refractivity contribution in [2.75, 3.05) is 12.4 Å². The number of aliphatic hydroxyl groups excluding tert-OH is 1. The van der Waals surface area contributed by atoms with Gasteiger partial charge in [0.2, 0.25) is 0 Å². The Morgan fingerprint density at radius 2 is 1.96 bits per heavy atom. The number of carbonyl (C=O) groups excluding carboxylic acids is 1. The molecule has 23 heavy (non-hydrogen) atoms. The van der Waals surface area contributed by atoms with Crippen LogP contribution in [-0.2, 0) is 4.74 Å². The molecule has 0 saturated heterocycles. The maximum atomic E-state index is 12.0. The van der Waals surface area contributed by atoms with Crippen LogP contribution in [-0.4, -0.2) is 40.5 Å². The lowest BCUT2D eigenvalue weighted by Gasteiger charge is -2.30. The molecule has 0 aromatic carbocycles. The van der Waals surface area contributed by atoms with Crippen molar-refractivity contribution in [2.45, 2.75) is 89.5 Å². The van der Waals surface area contributed by atoms with Crippen molar-refractivity contribution in [2.24, 2.45) is 5.92 Å². The molecule has 0 radical (unpaired) electrons. The maximum absolute atomic E-state index is 12.0. The van der Waals surface area contributed by atoms with E-state index < -0.39 is 5.60 Å². The Morgan fingerprint density at radius 1 is 1.30 bits per heavy atom. The topological polar surface area (TPSA) is 58.6 Å². The number of amides is 1. The summed E-state index contributed by atoms with van der Waals surface area (Å²) in [6.45, 7) is 7.81. The van der Waals surface area contributed by atoms with E-state index >= 15 is 0 Å². The molecule has 4 nitrogen and oxygen atoms in total. The van der Waals surface area contributed by atoms with Gasteiger partial charge in [-0.3, -0.25) is 0 Å². The van der Waals surface area contributed by atoms with Gasteiger partial charge in [-0.15, -0.1) is 0 Å². The van der Waals surface area contributed by atoms with Crippen LogP contribution in [0.5, 0.6) is 0 Å². The zero-order valence-electron chi connectivity index (χ0n) is 15.3. The molecule has 0 aliphatic heterocycles. The van der Waals surface area contributed by atoms with Gasteiger partial charge < -0.3 is 15.2 Å². The first-order chi connectivity index (χ1) is 10.9. The van der Waals surface area contributed by atoms with Crippen LogP contribution in [0.1, 0.15) is 72.6 Å². The molecular weight excluding hydrogens is 310 g/mol. The molecule has 2 N–H and O–H groups in total. The molecule has 1 rings (SSSR count). The van der Waals surface area contributed by atoms with E-state index in [1.54, 1.807) is 0 Å². The highest BCUT2D eigenvalue weighted by molar-refractivity contribution is 7.99. The molecule has 2 atom stereocenters. The van der Waals surface area contributed by atoms with Crippen LogP contribution >= 0.6 is 11.8 Å². The largest absolute Gasteiger partial charge is 0.444 e. The molecule has 0 aromatic heterocycles. The monoisotopic (exact) mass is 345 g/mol. The summed E-state index contributed by atoms with van der Waals surface area (Å²) in [6, 6.07) is -0.0176. The fourth-order valence-corrected chi connectivity index (χ4v) is 4.51. The first-order valence-electron chi connectivity index (χ1n) is 9.07. The minimum Gasteiger partial charge on any atom is -0.444 e. The number of hydrogen-bond acceptors (Lipinski definition) is 4. The van der Waals surface area contributed by atoms with E-state index in [1.165, 1.54) is 32.1 Å². The Labute approximate surface area is 146 Å². The Balaban J connectivity index is 2.51. The van der Waals surface area contributed by atoms with Crippen molar-refractivity contribution in [3.63, 3.8) is 0 Å². The summed E-state index contributed by atoms with van der Waals surface area (Å²) in [5.74, 6) is 0.996. The summed E-state index contributed by atoms with van der Waals surface area (Å²) >= 11 is 1.97. The van der Waals surface area contributed by atoms with Crippen LogP contribution in [0.15, 0.2) is 0 Å². The van der Waals surface area contributed by atoms with Gasteiger partial charge in [0.05, 0.1) is 0 Å². The summed E-state index contributed by atoms with van der Waals surface area (Å²) in [4.78, 5) is 12.0. The number of rotatable bonds is 8. The van der Waals surface area contributed by atoms with Gasteiger partial charge >= 0.3 is 6.09 Å². The SMILES string of the molecule is CCCC(NC(=O)OC(C)(C)C)C(CO)CSC1CCCCC1. The molecule has 1 aliphatic rings. The van der Waals surface area contributed by atoms with Gasteiger partial charge in [-0.25, -0.2) is 4.79 Å². The minimum absolute atomic E-state index is 0.0176. The van der Waals surface area contributed by atoms with Crippen molar-refractivity contribution >= 4 is 17.9 Å². The van der Waals surface area contributed by atoms with Gasteiger partial charge in [0.1, 0.15) is 5.60 Å². The van der Waals surface area contributed by atoms with E-state index in [0.29, 0.717) is 0 Å². The van der Waals surface area contributed by atoms with Gasteiger partial charge in [0, 0.05) is 29.6 Å². The molecule has 1 fully saturated rings. The van der Waals surface area contributed by atoms with E-state index in [2.05, 4.69) is 12.2 Å². The van der Waals surface area contributed by atoms with E-state index in [9.17, 15) is 9.90 Å². The van der Waals surface area contributed by atoms with E-state index in [1.807, 2.05) is 32.5 Å². The highest BCUT2D eigenvalue weighted by Crippen LogP contribution is 2.30. The zero-order chi connectivity index (χ0) is 17.3. The lowest BCUT2D eigenvalue weighted by molar-refractivity contribution is 0.0473. The Kier molecular flexibility index (Phi) is 9.37. The third-order valence-electron chi connectivity index (χ3n) is 4.20. The van der Waals surface area contributed by atoms with E-state index in [0.717, 1.165) is 23.8 Å². The molecule has 0 heterocycles. The van der Waals surface area contributed by atoms with Crippen molar-refractivity contribution < 1.29 is 14.6 Å². The molecule has 0 spiro atoms. The lowest BCUT2D eigenvalue weighted by atomic mass is 9.98. The van der Waals surface area contributed by atoms with Gasteiger partial charge in [-0.2, -0.15) is 11.8 Å². The molecule has 1 aliphatic carbocycles. The summed E-state index contributed by atoms with van der Waals surface area (Å²) in [7, 11) is 0. The summed E-state index contributed by atoms with van der Waals surface area (Å²) in [6.07, 6.45) is 8.07. The smallest absolute Gasteiger partial charge is 0.407 e. The molecule has 5 heteroatoms. The standard InChI is InChI=1S/C18H35NO3S/c1-5-9-16(19-17(21)22-18(2,3)4)14(12-20)13-23-15-10-7-6-8-11-15/h14-16,20H,5-13H2,1-4H3,(H,19,21). The van der Waals surface area contributed by atoms with E-state index in [4.69, 9.17) is 4.74 Å². The number of carbonyl (C=O) groups is 1. The third kappa shape index (κ3) is 8.85. The average molecular weight is 346 g/mol. The van der Waals surface area contributed by atoms with Gasteiger partial charge in [-0.1, -0.05) is 32.6 Å². The molecule has 0 aromatic rings. The summed E-state index contributed by atoms with van der Waals surface area (Å²) in [5.41, 5.74) is -0.494. The number of ether oxygens (including phenoxy) is 1. The quantitative estimate of drug-likeness (QED) is 0.686. The van der Waals surface area contributed by atoms with Crippen molar-refractivity contribution in [1.82, 2.24) is 5.32 Å². The van der Waals surface area contributed by atoms with Crippen LogP contribution in [0, 0.1) is 5.92 Å². The van der Waals surface area contributed by atoms with Crippen LogP contribution < -0.4 is 5.32 Å². The molecule has 1 amide bonds. The fraction of sp³-hybridized carbons (Fsp3) is 0.944. The van der Waals surface area contributed by atoms with Crippen molar-refractivity contribution in [3.8, 4) is 0 Å². The summed E-state index contributed by atoms with van der Waals surface area (Å²) in [5, 5.41) is 13.5. The average Bonchev–Trinajstić information content (AvgIpc) is 2.47. The van der Waals surface area contributed by atoms with Crippen LogP contribution in [0.4, 0.5) is 4.79 Å². The van der Waals surface area contributed by atoms with Crippen LogP contribution in [0.2, 0.25) is 0 Å². The second kappa shape index (κ2) is 10.4. The van der Waals surface area contributed by atoms with Gasteiger partial charge in [0.15, 0.2) is 0 Å². The van der Waals surface area contributed by atoms with Crippen LogP contribution in [0.25, 0.3) is 0 Å². The third-order valence-corrected chi connectivity index (χ3v) is 5.77. The number of alkyl carbamates (subject to hydrolysis) is 1. The Bertz CT molecular complexity index is 338. The predicted molar refractivity (Wildman–Crippen MR) is 98.0 cm³/mol. The first kappa shape index (κ1) is 20.6. The number of aliphatic hydroxyl groups is 1. The first-order valence-corrected chi connectivity index (χ1v) is 10.1. The number of hydrogen-bond donors (Lipinski definition) is 2. The Hall–Kier alpha value is -0.420. The highest BCUT2D eigenvalue weighted by atomic mass is 32.2. The molecular formula is C18H35NO3S. The summed E-state index contributed by atoms with van der Waals surface area (Å²) < 4.78 is 5.37. The van der Waals surface area contributed by atoms with Crippen molar-refractivity contribution in [1.29, 1.82) is 0 Å². The lowest BCUT2D eigenvalue weighted by Crippen LogP contribution is -2.45. The predicted octanol–water partition coefficient (Wildman–Crippen LogP) is 4.35. The number of nitrogens with one attached hydrogen (secondary N) is 1. The maximum Gasteiger partial charge on any atom is 0.407 e. The molecule has 1 saturated carbocycles. The zero-order valence-corrected chi connectivity index (χ0v) is 16.1. The highest BCUT2D eigenvalue weighted by Gasteiger charge is 2.26. The fourth-order valence-electron chi connectivity index (χ4n) is 2.98. The molecule has 2 unspecified atom stereocenters. The van der Waals surface area contributed by atoms with Gasteiger partial charge in [-0.05, 0) is 40.0 Å². The minimum atomic E-state index is -0.494. The second-order valence-electron chi connectivity index (χ2n) is 7.58. The van der Waals surface area contributed by atoms with E-state index in [-0.39, 0.29) is 24.7 Å². The number of thioether (sulfide) groups is 1. The van der Waals surface area contributed by atoms with Gasteiger partial charge in [0.25, 0.3) is 0 Å². The van der Waals surface area contributed by atoms with Crippen LogP contribution in [0.3, 0.4) is 0 Å². The molecule has 136 valence electrons. The molecule has 0 bridgehead atoms. The second-order valence-corrected chi connectivity index (χ2v) is 8.91. The van der Waals surface area contributed by atoms with Crippen molar-refractivity contribution in [3.05, 3.63) is 0 Å². The normalized spacial score (nSPS) is 19.2. The Morgan fingerprint density at radius 3 is 2.48 bits per heavy atom.